The van der Waals surface area contributed by atoms with E-state index in [0.29, 0.717) is 36.4 Å². The van der Waals surface area contributed by atoms with Gasteiger partial charge < -0.3 is 20.1 Å². The van der Waals surface area contributed by atoms with Crippen molar-refractivity contribution in [2.24, 2.45) is 5.92 Å². The first kappa shape index (κ1) is 20.1. The average molecular weight is 399 g/mol. The fourth-order valence-corrected chi connectivity index (χ4v) is 3.55. The van der Waals surface area contributed by atoms with Crippen LogP contribution in [-0.4, -0.2) is 24.2 Å². The minimum atomic E-state index is -0.0186. The molecule has 2 aromatic rings. The van der Waals surface area contributed by atoms with Crippen molar-refractivity contribution in [1.82, 2.24) is 5.32 Å². The van der Waals surface area contributed by atoms with Crippen LogP contribution in [0.3, 0.4) is 0 Å². The average Bonchev–Trinajstić information content (AvgIpc) is 3.19. The molecule has 0 aromatic heterocycles. The number of carbonyl (C=O) groups is 1. The second-order valence-corrected chi connectivity index (χ2v) is 7.30. The third-order valence-electron chi connectivity index (χ3n) is 4.66. The van der Waals surface area contributed by atoms with Gasteiger partial charge in [-0.2, -0.15) is 0 Å². The van der Waals surface area contributed by atoms with Gasteiger partial charge in [0.05, 0.1) is 0 Å². The number of benzene rings is 2. The highest BCUT2D eigenvalue weighted by molar-refractivity contribution is 7.80. The van der Waals surface area contributed by atoms with Crippen LogP contribution in [0, 0.1) is 5.92 Å². The molecule has 0 atom stereocenters. The lowest BCUT2D eigenvalue weighted by Crippen LogP contribution is -2.34. The van der Waals surface area contributed by atoms with E-state index in [0.717, 1.165) is 24.3 Å². The standard InChI is InChI=1S/C22H26N2O3S/c25-21(15-17-7-4-5-8-17)24-22(28)23-18-9-6-12-20(16-18)27-14-13-26-19-10-2-1-3-11-19/h1-3,6,9-12,16-17H,4-5,7-8,13-15H2,(H2,23,24,25,28). The molecule has 1 amide bonds. The summed E-state index contributed by atoms with van der Waals surface area (Å²) in [5.41, 5.74) is 0.771. The van der Waals surface area contributed by atoms with E-state index in [1.165, 1.54) is 12.8 Å². The van der Waals surface area contributed by atoms with Crippen LogP contribution < -0.4 is 20.1 Å². The van der Waals surface area contributed by atoms with Gasteiger partial charge in [-0.15, -0.1) is 0 Å². The van der Waals surface area contributed by atoms with Gasteiger partial charge in [-0.25, -0.2) is 0 Å². The van der Waals surface area contributed by atoms with E-state index in [-0.39, 0.29) is 5.91 Å². The Kier molecular flexibility index (Phi) is 7.67. The molecule has 2 N–H and O–H groups in total. The van der Waals surface area contributed by atoms with Gasteiger partial charge in [0, 0.05) is 18.2 Å². The molecule has 3 rings (SSSR count). The zero-order chi connectivity index (χ0) is 19.6. The number of hydrogen-bond acceptors (Lipinski definition) is 4. The molecule has 0 radical (unpaired) electrons. The predicted octanol–water partition coefficient (Wildman–Crippen LogP) is 4.54. The van der Waals surface area contributed by atoms with E-state index in [1.807, 2.05) is 54.6 Å². The van der Waals surface area contributed by atoms with Crippen molar-refractivity contribution >= 4 is 28.9 Å². The number of anilines is 1. The van der Waals surface area contributed by atoms with E-state index >= 15 is 0 Å². The van der Waals surface area contributed by atoms with E-state index in [4.69, 9.17) is 21.7 Å². The van der Waals surface area contributed by atoms with Crippen LogP contribution in [0.4, 0.5) is 5.69 Å². The number of ether oxygens (including phenoxy) is 2. The minimum Gasteiger partial charge on any atom is -0.490 e. The number of para-hydroxylation sites is 1. The molecule has 1 aliphatic carbocycles. The largest absolute Gasteiger partial charge is 0.490 e. The molecule has 1 fully saturated rings. The zero-order valence-corrected chi connectivity index (χ0v) is 16.7. The number of hydrogen-bond donors (Lipinski definition) is 2. The predicted molar refractivity (Wildman–Crippen MR) is 115 cm³/mol. The monoisotopic (exact) mass is 398 g/mol. The van der Waals surface area contributed by atoms with Crippen LogP contribution in [0.5, 0.6) is 11.5 Å². The topological polar surface area (TPSA) is 59.6 Å². The molecular weight excluding hydrogens is 372 g/mol. The van der Waals surface area contributed by atoms with Crippen molar-refractivity contribution in [3.8, 4) is 11.5 Å². The highest BCUT2D eigenvalue weighted by Crippen LogP contribution is 2.27. The Balaban J connectivity index is 1.39. The summed E-state index contributed by atoms with van der Waals surface area (Å²) in [4.78, 5) is 12.1. The van der Waals surface area contributed by atoms with Gasteiger partial charge in [0.25, 0.3) is 0 Å². The first-order valence-electron chi connectivity index (χ1n) is 9.70. The lowest BCUT2D eigenvalue weighted by atomic mass is 10.0. The van der Waals surface area contributed by atoms with Crippen LogP contribution in [0.15, 0.2) is 54.6 Å². The summed E-state index contributed by atoms with van der Waals surface area (Å²) >= 11 is 5.25. The molecule has 6 heteroatoms. The van der Waals surface area contributed by atoms with Gasteiger partial charge in [0.1, 0.15) is 24.7 Å². The Morgan fingerprint density at radius 2 is 1.64 bits per heavy atom. The van der Waals surface area contributed by atoms with Crippen molar-refractivity contribution < 1.29 is 14.3 Å². The van der Waals surface area contributed by atoms with Gasteiger partial charge in [0.15, 0.2) is 5.11 Å². The Labute approximate surface area is 171 Å². The van der Waals surface area contributed by atoms with Crippen LogP contribution in [0.25, 0.3) is 0 Å². The maximum absolute atomic E-state index is 12.1. The van der Waals surface area contributed by atoms with Crippen LogP contribution in [0.2, 0.25) is 0 Å². The van der Waals surface area contributed by atoms with Gasteiger partial charge in [-0.1, -0.05) is 37.1 Å². The van der Waals surface area contributed by atoms with E-state index in [9.17, 15) is 4.79 Å². The summed E-state index contributed by atoms with van der Waals surface area (Å²) < 4.78 is 11.3. The Morgan fingerprint density at radius 1 is 0.964 bits per heavy atom. The van der Waals surface area contributed by atoms with Gasteiger partial charge >= 0.3 is 0 Å². The van der Waals surface area contributed by atoms with E-state index in [1.54, 1.807) is 0 Å². The quantitative estimate of drug-likeness (QED) is 0.505. The smallest absolute Gasteiger partial charge is 0.226 e. The Morgan fingerprint density at radius 3 is 2.39 bits per heavy atom. The first-order chi connectivity index (χ1) is 13.7. The fourth-order valence-electron chi connectivity index (χ4n) is 3.32. The molecule has 148 valence electrons. The second-order valence-electron chi connectivity index (χ2n) is 6.89. The summed E-state index contributed by atoms with van der Waals surface area (Å²) in [5.74, 6) is 2.01. The number of thiocarbonyl (C=S) groups is 1. The van der Waals surface area contributed by atoms with E-state index < -0.39 is 0 Å². The maximum Gasteiger partial charge on any atom is 0.226 e. The molecule has 0 bridgehead atoms. The molecule has 1 aliphatic rings. The third kappa shape index (κ3) is 6.85. The van der Waals surface area contributed by atoms with Crippen molar-refractivity contribution in [3.05, 3.63) is 54.6 Å². The molecule has 0 unspecified atom stereocenters. The summed E-state index contributed by atoms with van der Waals surface area (Å²) in [7, 11) is 0. The molecule has 5 nitrogen and oxygen atoms in total. The van der Waals surface area contributed by atoms with Crippen LogP contribution in [-0.2, 0) is 4.79 Å². The molecular formula is C22H26N2O3S. The Hall–Kier alpha value is -2.60. The molecule has 2 aromatic carbocycles. The van der Waals surface area contributed by atoms with Gasteiger partial charge in [0.2, 0.25) is 5.91 Å². The summed E-state index contributed by atoms with van der Waals surface area (Å²) in [6.45, 7) is 0.887. The highest BCUT2D eigenvalue weighted by Gasteiger charge is 2.18. The van der Waals surface area contributed by atoms with Crippen molar-refractivity contribution in [1.29, 1.82) is 0 Å². The SMILES string of the molecule is O=C(CC1CCCC1)NC(=S)Nc1cccc(OCCOc2ccccc2)c1. The molecule has 0 aliphatic heterocycles. The lowest BCUT2D eigenvalue weighted by molar-refractivity contribution is -0.120. The molecule has 0 spiro atoms. The summed E-state index contributed by atoms with van der Waals surface area (Å²) in [5, 5.41) is 6.12. The van der Waals surface area contributed by atoms with Gasteiger partial charge in [-0.3, -0.25) is 4.79 Å². The fraction of sp³-hybridized carbons (Fsp3) is 0.364. The van der Waals surface area contributed by atoms with Crippen LogP contribution in [0.1, 0.15) is 32.1 Å². The van der Waals surface area contributed by atoms with Crippen LogP contribution >= 0.6 is 12.2 Å². The minimum absolute atomic E-state index is 0.0186. The van der Waals surface area contributed by atoms with E-state index in [2.05, 4.69) is 10.6 Å². The molecule has 0 heterocycles. The second kappa shape index (κ2) is 10.7. The molecule has 28 heavy (non-hydrogen) atoms. The highest BCUT2D eigenvalue weighted by atomic mass is 32.1. The lowest BCUT2D eigenvalue weighted by Gasteiger charge is -2.13. The Bertz CT molecular complexity index is 776. The van der Waals surface area contributed by atoms with Crippen molar-refractivity contribution in [3.63, 3.8) is 0 Å². The first-order valence-corrected chi connectivity index (χ1v) is 10.1. The number of amides is 1. The maximum atomic E-state index is 12.1. The van der Waals surface area contributed by atoms with Gasteiger partial charge in [-0.05, 0) is 55.2 Å². The number of rotatable bonds is 8. The number of nitrogens with one attached hydrogen (secondary N) is 2. The molecule has 0 saturated heterocycles. The molecule has 1 saturated carbocycles. The third-order valence-corrected chi connectivity index (χ3v) is 4.86. The number of carbonyl (C=O) groups excluding carboxylic acids is 1. The summed E-state index contributed by atoms with van der Waals surface area (Å²) in [6.07, 6.45) is 5.28. The summed E-state index contributed by atoms with van der Waals surface area (Å²) in [6, 6.07) is 17.1. The van der Waals surface area contributed by atoms with Crippen molar-refractivity contribution in [2.45, 2.75) is 32.1 Å². The van der Waals surface area contributed by atoms with Crippen molar-refractivity contribution in [2.75, 3.05) is 18.5 Å². The normalized spacial score (nSPS) is 13.7. The zero-order valence-electron chi connectivity index (χ0n) is 15.9.